The molecule has 3 rings (SSSR count). The van der Waals surface area contributed by atoms with E-state index in [1.54, 1.807) is 11.8 Å². The number of rotatable bonds is 7. The third-order valence-electron chi connectivity index (χ3n) is 5.42. The highest BCUT2D eigenvalue weighted by atomic mass is 32.2. The van der Waals surface area contributed by atoms with E-state index in [9.17, 15) is 4.79 Å². The van der Waals surface area contributed by atoms with E-state index in [0.29, 0.717) is 13.0 Å². The quantitative estimate of drug-likeness (QED) is 0.237. The molecule has 2 aliphatic rings. The van der Waals surface area contributed by atoms with E-state index < -0.39 is 6.29 Å². The van der Waals surface area contributed by atoms with Crippen LogP contribution >= 0.6 is 11.8 Å². The SMILES string of the molecule is CS/C(CC1CCCC1)=N\c1ccc(C2CCOC(OCC(=O)NN)C2)nc1. The highest BCUT2D eigenvalue weighted by Gasteiger charge is 2.26. The first-order chi connectivity index (χ1) is 13.7. The number of ether oxygens (including phenoxy) is 2. The average Bonchev–Trinajstić information content (AvgIpc) is 3.25. The van der Waals surface area contributed by atoms with Crippen molar-refractivity contribution in [1.82, 2.24) is 10.4 Å². The normalized spacial score (nSPS) is 23.7. The smallest absolute Gasteiger partial charge is 0.259 e. The summed E-state index contributed by atoms with van der Waals surface area (Å²) in [6.45, 7) is 0.479. The standard InChI is InChI=1S/C20H30N4O3S/c1-28-19(10-14-4-2-3-5-14)23-16-6-7-17(22-12-16)15-8-9-26-20(11-15)27-13-18(25)24-21/h6-7,12,14-15,20H,2-5,8-11,13,21H2,1H3,(H,24,25)/b23-19-. The summed E-state index contributed by atoms with van der Waals surface area (Å²) in [5.74, 6) is 5.74. The Kier molecular flexibility index (Phi) is 8.27. The highest BCUT2D eigenvalue weighted by Crippen LogP contribution is 2.32. The Balaban J connectivity index is 1.56. The molecule has 1 amide bonds. The van der Waals surface area contributed by atoms with Crippen LogP contribution in [0.3, 0.4) is 0 Å². The number of hydrazine groups is 1. The Bertz CT molecular complexity index is 662. The van der Waals surface area contributed by atoms with Crippen molar-refractivity contribution in [2.75, 3.05) is 19.5 Å². The monoisotopic (exact) mass is 406 g/mol. The summed E-state index contributed by atoms with van der Waals surface area (Å²) in [7, 11) is 0. The lowest BCUT2D eigenvalue weighted by molar-refractivity contribution is -0.173. The Morgan fingerprint density at radius 2 is 2.21 bits per heavy atom. The second-order valence-corrected chi connectivity index (χ2v) is 8.29. The zero-order chi connectivity index (χ0) is 19.8. The third-order valence-corrected chi connectivity index (χ3v) is 6.15. The topological polar surface area (TPSA) is 98.8 Å². The second kappa shape index (κ2) is 10.9. The second-order valence-electron chi connectivity index (χ2n) is 7.41. The van der Waals surface area contributed by atoms with Crippen LogP contribution in [0.15, 0.2) is 23.3 Å². The number of amides is 1. The van der Waals surface area contributed by atoms with E-state index >= 15 is 0 Å². The summed E-state index contributed by atoms with van der Waals surface area (Å²) < 4.78 is 11.1. The van der Waals surface area contributed by atoms with Crippen LogP contribution in [0.4, 0.5) is 5.69 Å². The van der Waals surface area contributed by atoms with E-state index in [-0.39, 0.29) is 18.4 Å². The van der Waals surface area contributed by atoms with Crippen molar-refractivity contribution in [2.24, 2.45) is 16.8 Å². The molecule has 1 aromatic heterocycles. The summed E-state index contributed by atoms with van der Waals surface area (Å²) in [6.07, 6.45) is 11.6. The van der Waals surface area contributed by atoms with Crippen LogP contribution in [0.25, 0.3) is 0 Å². The van der Waals surface area contributed by atoms with Gasteiger partial charge in [-0.3, -0.25) is 15.2 Å². The Labute approximate surface area is 170 Å². The molecule has 0 bridgehead atoms. The number of hydrogen-bond donors (Lipinski definition) is 2. The van der Waals surface area contributed by atoms with Gasteiger partial charge in [-0.15, -0.1) is 11.8 Å². The van der Waals surface area contributed by atoms with E-state index in [4.69, 9.17) is 20.3 Å². The lowest BCUT2D eigenvalue weighted by Crippen LogP contribution is -2.36. The molecule has 28 heavy (non-hydrogen) atoms. The van der Waals surface area contributed by atoms with Crippen molar-refractivity contribution in [2.45, 2.75) is 57.2 Å². The fourth-order valence-corrected chi connectivity index (χ4v) is 4.44. The fourth-order valence-electron chi connectivity index (χ4n) is 3.84. The van der Waals surface area contributed by atoms with Crippen LogP contribution in [0.2, 0.25) is 0 Å². The summed E-state index contributed by atoms with van der Waals surface area (Å²) in [6, 6.07) is 4.09. The van der Waals surface area contributed by atoms with Crippen LogP contribution in [-0.2, 0) is 14.3 Å². The van der Waals surface area contributed by atoms with Crippen LogP contribution in [0.1, 0.15) is 56.6 Å². The van der Waals surface area contributed by atoms with Crippen LogP contribution in [0, 0.1) is 5.92 Å². The molecule has 8 heteroatoms. The molecule has 2 unspecified atom stereocenters. The lowest BCUT2D eigenvalue weighted by Gasteiger charge is -2.28. The molecule has 0 aromatic carbocycles. The molecule has 154 valence electrons. The molecule has 2 atom stereocenters. The van der Waals surface area contributed by atoms with Gasteiger partial charge in [-0.1, -0.05) is 25.7 Å². The summed E-state index contributed by atoms with van der Waals surface area (Å²) in [4.78, 5) is 20.7. The van der Waals surface area contributed by atoms with Crippen molar-refractivity contribution in [3.8, 4) is 0 Å². The van der Waals surface area contributed by atoms with Crippen LogP contribution < -0.4 is 11.3 Å². The molecule has 7 nitrogen and oxygen atoms in total. The molecule has 2 fully saturated rings. The highest BCUT2D eigenvalue weighted by molar-refractivity contribution is 8.13. The molecule has 1 aliphatic heterocycles. The molecular formula is C20H30N4O3S. The number of carbonyl (C=O) groups excluding carboxylic acids is 1. The molecule has 2 heterocycles. The largest absolute Gasteiger partial charge is 0.353 e. The zero-order valence-corrected chi connectivity index (χ0v) is 17.2. The van der Waals surface area contributed by atoms with Gasteiger partial charge < -0.3 is 9.47 Å². The Morgan fingerprint density at radius 3 is 2.89 bits per heavy atom. The first-order valence-electron chi connectivity index (χ1n) is 9.98. The van der Waals surface area contributed by atoms with Gasteiger partial charge in [-0.2, -0.15) is 0 Å². The number of nitrogens with two attached hydrogens (primary N) is 1. The summed E-state index contributed by atoms with van der Waals surface area (Å²) in [5, 5.41) is 1.19. The van der Waals surface area contributed by atoms with Crippen LogP contribution in [-0.4, -0.2) is 41.7 Å². The van der Waals surface area contributed by atoms with Gasteiger partial charge in [-0.25, -0.2) is 10.8 Å². The summed E-state index contributed by atoms with van der Waals surface area (Å²) >= 11 is 1.74. The molecule has 1 saturated carbocycles. The molecular weight excluding hydrogens is 376 g/mol. The number of nitrogens with one attached hydrogen (secondary N) is 1. The van der Waals surface area contributed by atoms with Gasteiger partial charge in [0, 0.05) is 18.0 Å². The van der Waals surface area contributed by atoms with Gasteiger partial charge in [0.25, 0.3) is 5.91 Å². The van der Waals surface area contributed by atoms with Gasteiger partial charge >= 0.3 is 0 Å². The number of pyridine rings is 1. The van der Waals surface area contributed by atoms with Gasteiger partial charge in [0.05, 0.1) is 23.5 Å². The number of aliphatic imine (C=N–C) groups is 1. The molecule has 0 spiro atoms. The first-order valence-corrected chi connectivity index (χ1v) is 11.2. The predicted molar refractivity (Wildman–Crippen MR) is 111 cm³/mol. The molecule has 0 radical (unpaired) electrons. The first kappa shape index (κ1) is 21.2. The number of carbonyl (C=O) groups is 1. The fraction of sp³-hybridized carbons (Fsp3) is 0.650. The summed E-state index contributed by atoms with van der Waals surface area (Å²) in [5.41, 5.74) is 3.97. The molecule has 1 saturated heterocycles. The number of nitrogens with zero attached hydrogens (tertiary/aromatic N) is 2. The average molecular weight is 407 g/mol. The van der Waals surface area contributed by atoms with Gasteiger partial charge in [-0.05, 0) is 37.1 Å². The van der Waals surface area contributed by atoms with E-state index in [1.165, 1.54) is 30.7 Å². The molecule has 1 aromatic rings. The Morgan fingerprint density at radius 1 is 1.39 bits per heavy atom. The van der Waals surface area contributed by atoms with E-state index in [0.717, 1.165) is 30.1 Å². The predicted octanol–water partition coefficient (Wildman–Crippen LogP) is 3.28. The van der Waals surface area contributed by atoms with Crippen molar-refractivity contribution < 1.29 is 14.3 Å². The van der Waals surface area contributed by atoms with E-state index in [2.05, 4.69) is 16.7 Å². The minimum Gasteiger partial charge on any atom is -0.353 e. The zero-order valence-electron chi connectivity index (χ0n) is 16.4. The van der Waals surface area contributed by atoms with Crippen molar-refractivity contribution in [1.29, 1.82) is 0 Å². The molecule has 1 aliphatic carbocycles. The Hall–Kier alpha value is -1.48. The minimum absolute atomic E-state index is 0.104. The van der Waals surface area contributed by atoms with Crippen molar-refractivity contribution in [3.63, 3.8) is 0 Å². The van der Waals surface area contributed by atoms with Crippen LogP contribution in [0.5, 0.6) is 0 Å². The van der Waals surface area contributed by atoms with Gasteiger partial charge in [0.1, 0.15) is 6.61 Å². The maximum absolute atomic E-state index is 11.2. The number of hydrogen-bond acceptors (Lipinski definition) is 7. The maximum Gasteiger partial charge on any atom is 0.259 e. The lowest BCUT2D eigenvalue weighted by atomic mass is 9.95. The van der Waals surface area contributed by atoms with Gasteiger partial charge in [0.15, 0.2) is 6.29 Å². The van der Waals surface area contributed by atoms with E-state index in [1.807, 2.05) is 18.3 Å². The third kappa shape index (κ3) is 6.27. The van der Waals surface area contributed by atoms with Gasteiger partial charge in [0.2, 0.25) is 0 Å². The number of thioether (sulfide) groups is 1. The van der Waals surface area contributed by atoms with Crippen molar-refractivity contribution in [3.05, 3.63) is 24.0 Å². The molecule has 3 N–H and O–H groups in total. The van der Waals surface area contributed by atoms with Crippen molar-refractivity contribution >= 4 is 28.4 Å². The minimum atomic E-state index is -0.412. The number of aromatic nitrogens is 1. The maximum atomic E-state index is 11.2.